The van der Waals surface area contributed by atoms with Crippen LogP contribution in [0.15, 0.2) is 34.2 Å². The van der Waals surface area contributed by atoms with E-state index in [0.29, 0.717) is 5.84 Å². The van der Waals surface area contributed by atoms with Gasteiger partial charge in [0.15, 0.2) is 9.84 Å². The Bertz CT molecular complexity index is 540. The summed E-state index contributed by atoms with van der Waals surface area (Å²) in [6.07, 6.45) is 1.17. The zero-order valence-corrected chi connectivity index (χ0v) is 11.9. The first-order valence-electron chi connectivity index (χ1n) is 5.50. The van der Waals surface area contributed by atoms with Crippen molar-refractivity contribution in [3.05, 3.63) is 29.8 Å². The number of rotatable bonds is 2. The summed E-state index contributed by atoms with van der Waals surface area (Å²) in [5.74, 6) is 5.97. The van der Waals surface area contributed by atoms with E-state index in [9.17, 15) is 8.42 Å². The Hall–Kier alpha value is -1.40. The maximum Gasteiger partial charge on any atom is 0.175 e. The lowest BCUT2D eigenvalue weighted by Gasteiger charge is -2.16. The monoisotopic (exact) mass is 269 g/mol. The number of hydrogen-bond donors (Lipinski definition) is 2. The van der Waals surface area contributed by atoms with Crippen molar-refractivity contribution in [2.75, 3.05) is 6.26 Å². The molecule has 0 fully saturated rings. The molecule has 3 N–H and O–H groups in total. The van der Waals surface area contributed by atoms with Crippen LogP contribution in [0, 0.1) is 0 Å². The van der Waals surface area contributed by atoms with Gasteiger partial charge in [0.1, 0.15) is 5.84 Å². The largest absolute Gasteiger partial charge is 0.308 e. The smallest absolute Gasteiger partial charge is 0.175 e. The van der Waals surface area contributed by atoms with Gasteiger partial charge in [0.05, 0.1) is 10.4 Å². The molecule has 0 saturated carbocycles. The molecule has 0 saturated heterocycles. The van der Waals surface area contributed by atoms with Gasteiger partial charge in [-0.2, -0.15) is 0 Å². The van der Waals surface area contributed by atoms with Gasteiger partial charge >= 0.3 is 0 Å². The minimum absolute atomic E-state index is 0.267. The van der Waals surface area contributed by atoms with Gasteiger partial charge in [0, 0.05) is 11.8 Å². The number of benzene rings is 1. The molecular formula is C12H19N3O2S. The van der Waals surface area contributed by atoms with E-state index < -0.39 is 9.84 Å². The van der Waals surface area contributed by atoms with E-state index in [2.05, 4.69) is 10.4 Å². The van der Waals surface area contributed by atoms with Gasteiger partial charge in [0.25, 0.3) is 0 Å². The van der Waals surface area contributed by atoms with Gasteiger partial charge in [-0.25, -0.2) is 14.3 Å². The minimum Gasteiger partial charge on any atom is -0.308 e. The van der Waals surface area contributed by atoms with Crippen molar-refractivity contribution in [3.8, 4) is 0 Å². The zero-order chi connectivity index (χ0) is 14.0. The fourth-order valence-electron chi connectivity index (χ4n) is 1.38. The van der Waals surface area contributed by atoms with Crippen molar-refractivity contribution in [1.82, 2.24) is 5.43 Å². The lowest BCUT2D eigenvalue weighted by atomic mass is 10.1. The third kappa shape index (κ3) is 4.12. The average Bonchev–Trinajstić information content (AvgIpc) is 2.24. The highest BCUT2D eigenvalue weighted by Crippen LogP contribution is 2.13. The van der Waals surface area contributed by atoms with Crippen LogP contribution in [0.2, 0.25) is 0 Å². The Morgan fingerprint density at radius 3 is 2.06 bits per heavy atom. The third-order valence-corrected chi connectivity index (χ3v) is 3.27. The zero-order valence-electron chi connectivity index (χ0n) is 11.1. The highest BCUT2D eigenvalue weighted by Gasteiger charge is 2.12. The summed E-state index contributed by atoms with van der Waals surface area (Å²) in [6.45, 7) is 5.86. The molecule has 6 heteroatoms. The highest BCUT2D eigenvalue weighted by molar-refractivity contribution is 7.90. The van der Waals surface area contributed by atoms with Gasteiger partial charge < -0.3 is 5.43 Å². The Morgan fingerprint density at radius 1 is 1.22 bits per heavy atom. The first kappa shape index (κ1) is 14.7. The van der Waals surface area contributed by atoms with Crippen molar-refractivity contribution in [3.63, 3.8) is 0 Å². The second-order valence-corrected chi connectivity index (χ2v) is 7.09. The molecule has 0 aliphatic carbocycles. The van der Waals surface area contributed by atoms with Gasteiger partial charge in [-0.05, 0) is 45.0 Å². The molecule has 1 aromatic rings. The lowest BCUT2D eigenvalue weighted by Crippen LogP contribution is -2.33. The Kier molecular flexibility index (Phi) is 4.13. The molecular weight excluding hydrogens is 250 g/mol. The Morgan fingerprint density at radius 2 is 1.72 bits per heavy atom. The molecule has 0 aromatic heterocycles. The summed E-state index contributed by atoms with van der Waals surface area (Å²) in [6, 6.07) is 6.45. The van der Waals surface area contributed by atoms with E-state index in [1.54, 1.807) is 24.3 Å². The van der Waals surface area contributed by atoms with Crippen molar-refractivity contribution in [2.45, 2.75) is 31.2 Å². The van der Waals surface area contributed by atoms with Gasteiger partial charge in [-0.15, -0.1) is 0 Å². The topological polar surface area (TPSA) is 84.5 Å². The van der Waals surface area contributed by atoms with E-state index in [0.717, 1.165) is 5.56 Å². The lowest BCUT2D eigenvalue weighted by molar-refractivity contribution is 0.580. The highest BCUT2D eigenvalue weighted by atomic mass is 32.2. The Balaban J connectivity index is 3.15. The van der Waals surface area contributed by atoms with Crippen LogP contribution in [-0.4, -0.2) is 26.0 Å². The number of hydrogen-bond acceptors (Lipinski definition) is 4. The van der Waals surface area contributed by atoms with Crippen molar-refractivity contribution in [1.29, 1.82) is 0 Å². The molecule has 18 heavy (non-hydrogen) atoms. The maximum absolute atomic E-state index is 11.3. The third-order valence-electron chi connectivity index (χ3n) is 2.14. The summed E-state index contributed by atoms with van der Waals surface area (Å²) < 4.78 is 22.7. The molecule has 100 valence electrons. The fraction of sp³-hybridized carbons (Fsp3) is 0.417. The molecule has 0 aliphatic rings. The van der Waals surface area contributed by atoms with Gasteiger partial charge in [-0.3, -0.25) is 4.99 Å². The number of nitrogens with zero attached hydrogens (tertiary/aromatic N) is 1. The first-order chi connectivity index (χ1) is 8.13. The molecule has 0 heterocycles. The number of nitrogens with one attached hydrogen (secondary N) is 1. The molecule has 1 aromatic carbocycles. The summed E-state index contributed by atoms with van der Waals surface area (Å²) in [5, 5.41) is 0. The van der Waals surface area contributed by atoms with Crippen LogP contribution in [0.1, 0.15) is 26.3 Å². The van der Waals surface area contributed by atoms with Crippen LogP contribution >= 0.6 is 0 Å². The molecule has 0 atom stereocenters. The molecule has 0 spiro atoms. The average molecular weight is 269 g/mol. The van der Waals surface area contributed by atoms with Gasteiger partial charge in [-0.1, -0.05) is 0 Å². The quantitative estimate of drug-likeness (QED) is 0.364. The van der Waals surface area contributed by atoms with Crippen molar-refractivity contribution >= 4 is 15.7 Å². The SMILES string of the molecule is CC(C)(C)N=C(NN)c1ccc(S(C)(=O)=O)cc1. The summed E-state index contributed by atoms with van der Waals surface area (Å²) in [5.41, 5.74) is 3.02. The van der Waals surface area contributed by atoms with Crippen LogP contribution in [0.4, 0.5) is 0 Å². The Labute approximate surface area is 108 Å². The van der Waals surface area contributed by atoms with Gasteiger partial charge in [0.2, 0.25) is 0 Å². The molecule has 1 rings (SSSR count). The number of aliphatic imine (C=N–C) groups is 1. The van der Waals surface area contributed by atoms with Crippen LogP contribution in [0.3, 0.4) is 0 Å². The minimum atomic E-state index is -3.18. The van der Waals surface area contributed by atoms with E-state index in [1.165, 1.54) is 6.26 Å². The molecule has 0 unspecified atom stereocenters. The van der Waals surface area contributed by atoms with E-state index in [-0.39, 0.29) is 10.4 Å². The number of hydrazine groups is 1. The standard InChI is InChI=1S/C12H19N3O2S/c1-12(2,3)14-11(15-13)9-5-7-10(8-6-9)18(4,16)17/h5-8H,13H2,1-4H3,(H,14,15). The van der Waals surface area contributed by atoms with E-state index >= 15 is 0 Å². The summed E-state index contributed by atoms with van der Waals surface area (Å²) >= 11 is 0. The summed E-state index contributed by atoms with van der Waals surface area (Å²) in [4.78, 5) is 4.70. The van der Waals surface area contributed by atoms with Crippen LogP contribution < -0.4 is 11.3 Å². The van der Waals surface area contributed by atoms with Crippen molar-refractivity contribution < 1.29 is 8.42 Å². The van der Waals surface area contributed by atoms with Crippen molar-refractivity contribution in [2.24, 2.45) is 10.8 Å². The molecule has 0 amide bonds. The summed E-state index contributed by atoms with van der Waals surface area (Å²) in [7, 11) is -3.18. The predicted molar refractivity (Wildman–Crippen MR) is 73.2 cm³/mol. The molecule has 0 radical (unpaired) electrons. The normalized spacial score (nSPS) is 13.5. The van der Waals surface area contributed by atoms with Crippen LogP contribution in [0.5, 0.6) is 0 Å². The number of nitrogens with two attached hydrogens (primary N) is 1. The van der Waals surface area contributed by atoms with Crippen LogP contribution in [0.25, 0.3) is 0 Å². The first-order valence-corrected chi connectivity index (χ1v) is 7.39. The van der Waals surface area contributed by atoms with E-state index in [4.69, 9.17) is 5.84 Å². The maximum atomic E-state index is 11.3. The van der Waals surface area contributed by atoms with Crippen LogP contribution in [-0.2, 0) is 9.84 Å². The molecule has 0 aliphatic heterocycles. The fourth-order valence-corrected chi connectivity index (χ4v) is 2.01. The predicted octanol–water partition coefficient (Wildman–Crippen LogP) is 1.10. The second-order valence-electron chi connectivity index (χ2n) is 5.07. The second kappa shape index (κ2) is 5.07. The molecule has 0 bridgehead atoms. The number of sulfone groups is 1. The number of amidine groups is 1. The molecule has 5 nitrogen and oxygen atoms in total. The van der Waals surface area contributed by atoms with E-state index in [1.807, 2.05) is 20.8 Å².